The number of hydrogen-bond donors (Lipinski definition) is 2. The molecule has 1 heterocycles. The second kappa shape index (κ2) is 5.93. The number of hydrogen-bond acceptors (Lipinski definition) is 5. The van der Waals surface area contributed by atoms with E-state index in [2.05, 4.69) is 10.3 Å². The number of rotatable bonds is 3. The van der Waals surface area contributed by atoms with Crippen molar-refractivity contribution in [1.29, 1.82) is 0 Å². The van der Waals surface area contributed by atoms with E-state index in [0.717, 1.165) is 0 Å². The van der Waals surface area contributed by atoms with Crippen LogP contribution in [0.3, 0.4) is 0 Å². The highest BCUT2D eigenvalue weighted by atomic mass is 32.2. The Morgan fingerprint density at radius 2 is 1.79 bits per heavy atom. The summed E-state index contributed by atoms with van der Waals surface area (Å²) < 4.78 is 25.8. The maximum atomic E-state index is 12.9. The lowest BCUT2D eigenvalue weighted by Gasteiger charge is -2.10. The quantitative estimate of drug-likeness (QED) is 0.713. The van der Waals surface area contributed by atoms with Crippen molar-refractivity contribution in [2.45, 2.75) is 16.7 Å². The van der Waals surface area contributed by atoms with Crippen LogP contribution in [0.5, 0.6) is 0 Å². The molecule has 122 valence electrons. The largest absolute Gasteiger partial charge is 0.398 e. The van der Waals surface area contributed by atoms with Gasteiger partial charge in [0.2, 0.25) is 15.7 Å². The van der Waals surface area contributed by atoms with E-state index in [1.54, 1.807) is 30.3 Å². The fourth-order valence-electron chi connectivity index (χ4n) is 2.43. The molecule has 0 bridgehead atoms. The number of aromatic nitrogens is 1. The fourth-order valence-corrected chi connectivity index (χ4v) is 3.85. The van der Waals surface area contributed by atoms with E-state index >= 15 is 0 Å². The zero-order valence-corrected chi connectivity index (χ0v) is 13.7. The molecule has 3 N–H and O–H groups in total. The molecule has 0 fully saturated rings. The van der Waals surface area contributed by atoms with Gasteiger partial charge in [0, 0.05) is 29.9 Å². The minimum Gasteiger partial charge on any atom is -0.398 e. The lowest BCUT2D eigenvalue weighted by molar-refractivity contribution is -0.114. The van der Waals surface area contributed by atoms with Gasteiger partial charge in [-0.3, -0.25) is 9.78 Å². The number of amides is 1. The van der Waals surface area contributed by atoms with Crippen LogP contribution in [0, 0.1) is 0 Å². The van der Waals surface area contributed by atoms with E-state index in [1.807, 2.05) is 0 Å². The van der Waals surface area contributed by atoms with E-state index in [-0.39, 0.29) is 15.7 Å². The van der Waals surface area contributed by atoms with E-state index in [4.69, 9.17) is 5.73 Å². The normalized spacial score (nSPS) is 11.4. The zero-order valence-electron chi connectivity index (χ0n) is 12.9. The Balaban J connectivity index is 2.12. The van der Waals surface area contributed by atoms with Crippen molar-refractivity contribution < 1.29 is 13.2 Å². The first-order valence-corrected chi connectivity index (χ1v) is 8.64. The predicted molar refractivity (Wildman–Crippen MR) is 92.4 cm³/mol. The molecule has 7 heteroatoms. The molecular weight excluding hydrogens is 326 g/mol. The highest BCUT2D eigenvalue weighted by Crippen LogP contribution is 2.30. The van der Waals surface area contributed by atoms with Crippen LogP contribution >= 0.6 is 0 Å². The Bertz CT molecular complexity index is 1030. The third-order valence-corrected chi connectivity index (χ3v) is 5.34. The average molecular weight is 341 g/mol. The van der Waals surface area contributed by atoms with Gasteiger partial charge in [-0.1, -0.05) is 0 Å². The summed E-state index contributed by atoms with van der Waals surface area (Å²) in [6.45, 7) is 1.39. The number of fused-ring (bicyclic) bond motifs is 1. The molecular formula is C17H15N3O3S. The minimum absolute atomic E-state index is 0.0968. The lowest BCUT2D eigenvalue weighted by atomic mass is 10.2. The predicted octanol–water partition coefficient (Wildman–Crippen LogP) is 2.61. The van der Waals surface area contributed by atoms with Crippen molar-refractivity contribution in [1.82, 2.24) is 4.98 Å². The van der Waals surface area contributed by atoms with Crippen molar-refractivity contribution >= 4 is 38.0 Å². The molecule has 3 rings (SSSR count). The van der Waals surface area contributed by atoms with Crippen LogP contribution < -0.4 is 11.1 Å². The first kappa shape index (κ1) is 15.9. The monoisotopic (exact) mass is 341 g/mol. The maximum Gasteiger partial charge on any atom is 0.221 e. The van der Waals surface area contributed by atoms with E-state index in [9.17, 15) is 13.2 Å². The molecule has 1 aromatic heterocycles. The SMILES string of the molecule is CC(=O)Nc1ccc(S(=O)(=O)c2ccc(N)c3cccnc23)cc1. The Morgan fingerprint density at radius 1 is 1.08 bits per heavy atom. The molecule has 0 spiro atoms. The van der Waals surface area contributed by atoms with Crippen LogP contribution in [0.1, 0.15) is 6.92 Å². The highest BCUT2D eigenvalue weighted by molar-refractivity contribution is 7.91. The van der Waals surface area contributed by atoms with Crippen molar-refractivity contribution in [3.63, 3.8) is 0 Å². The van der Waals surface area contributed by atoms with Crippen molar-refractivity contribution in [2.75, 3.05) is 11.1 Å². The number of anilines is 2. The van der Waals surface area contributed by atoms with Crippen LogP contribution in [0.4, 0.5) is 11.4 Å². The first-order valence-electron chi connectivity index (χ1n) is 7.15. The molecule has 0 unspecified atom stereocenters. The van der Waals surface area contributed by atoms with Crippen molar-refractivity contribution in [3.05, 3.63) is 54.7 Å². The van der Waals surface area contributed by atoms with Crippen LogP contribution in [-0.2, 0) is 14.6 Å². The molecule has 0 radical (unpaired) electrons. The number of carbonyl (C=O) groups is 1. The number of nitrogens with one attached hydrogen (secondary N) is 1. The maximum absolute atomic E-state index is 12.9. The van der Waals surface area contributed by atoms with E-state index < -0.39 is 9.84 Å². The topological polar surface area (TPSA) is 102 Å². The third kappa shape index (κ3) is 2.81. The lowest BCUT2D eigenvalue weighted by Crippen LogP contribution is -2.07. The molecule has 1 amide bonds. The number of pyridine rings is 1. The third-order valence-electron chi connectivity index (χ3n) is 3.54. The summed E-state index contributed by atoms with van der Waals surface area (Å²) >= 11 is 0. The van der Waals surface area contributed by atoms with Crippen molar-refractivity contribution in [2.24, 2.45) is 0 Å². The van der Waals surface area contributed by atoms with Crippen LogP contribution in [0.25, 0.3) is 10.9 Å². The molecule has 0 aliphatic rings. The number of sulfone groups is 1. The second-order valence-corrected chi connectivity index (χ2v) is 7.18. The van der Waals surface area contributed by atoms with Gasteiger partial charge in [0.05, 0.1) is 15.3 Å². The molecule has 24 heavy (non-hydrogen) atoms. The second-order valence-electron chi connectivity index (χ2n) is 5.26. The summed E-state index contributed by atoms with van der Waals surface area (Å²) in [6, 6.07) is 12.4. The molecule has 6 nitrogen and oxygen atoms in total. The molecule has 0 aliphatic carbocycles. The number of nitrogen functional groups attached to an aromatic ring is 1. The number of nitrogens with two attached hydrogens (primary N) is 1. The van der Waals surface area contributed by atoms with Gasteiger partial charge in [0.25, 0.3) is 0 Å². The standard InChI is InChI=1S/C17H15N3O3S/c1-11(21)20-12-4-6-13(7-5-12)24(22,23)16-9-8-15(18)14-3-2-10-19-17(14)16/h2-10H,18H2,1H3,(H,20,21). The number of benzene rings is 2. The van der Waals surface area contributed by atoms with Gasteiger partial charge in [-0.25, -0.2) is 8.42 Å². The summed E-state index contributed by atoms with van der Waals surface area (Å²) in [4.78, 5) is 15.4. The van der Waals surface area contributed by atoms with Gasteiger partial charge in [-0.05, 0) is 48.5 Å². The average Bonchev–Trinajstić information content (AvgIpc) is 2.55. The summed E-state index contributed by atoms with van der Waals surface area (Å²) in [5.74, 6) is -0.223. The Morgan fingerprint density at radius 3 is 2.46 bits per heavy atom. The Labute approximate surface area is 139 Å². The van der Waals surface area contributed by atoms with Crippen LogP contribution in [0.2, 0.25) is 0 Å². The van der Waals surface area contributed by atoms with E-state index in [0.29, 0.717) is 22.3 Å². The molecule has 0 aliphatic heterocycles. The van der Waals surface area contributed by atoms with E-state index in [1.165, 1.54) is 31.3 Å². The smallest absolute Gasteiger partial charge is 0.221 e. The summed E-state index contributed by atoms with van der Waals surface area (Å²) in [6.07, 6.45) is 1.53. The summed E-state index contributed by atoms with van der Waals surface area (Å²) in [5, 5.41) is 3.19. The van der Waals surface area contributed by atoms with Crippen LogP contribution in [-0.4, -0.2) is 19.3 Å². The van der Waals surface area contributed by atoms with Crippen molar-refractivity contribution in [3.8, 4) is 0 Å². The number of nitrogens with zero attached hydrogens (tertiary/aromatic N) is 1. The van der Waals surface area contributed by atoms with Gasteiger partial charge in [-0.2, -0.15) is 0 Å². The van der Waals surface area contributed by atoms with Gasteiger partial charge < -0.3 is 11.1 Å². The number of carbonyl (C=O) groups excluding carboxylic acids is 1. The summed E-state index contributed by atoms with van der Waals surface area (Å²) in [7, 11) is -3.76. The molecule has 0 atom stereocenters. The van der Waals surface area contributed by atoms with Gasteiger partial charge in [0.1, 0.15) is 0 Å². The van der Waals surface area contributed by atoms with Crippen LogP contribution in [0.15, 0.2) is 64.5 Å². The molecule has 3 aromatic rings. The van der Waals surface area contributed by atoms with Gasteiger partial charge >= 0.3 is 0 Å². The minimum atomic E-state index is -3.76. The fraction of sp³-hybridized carbons (Fsp3) is 0.0588. The van der Waals surface area contributed by atoms with Gasteiger partial charge in [0.15, 0.2) is 0 Å². The first-order chi connectivity index (χ1) is 11.4. The zero-order chi connectivity index (χ0) is 17.3. The summed E-state index contributed by atoms with van der Waals surface area (Å²) in [5.41, 5.74) is 7.23. The van der Waals surface area contributed by atoms with Gasteiger partial charge in [-0.15, -0.1) is 0 Å². The molecule has 2 aromatic carbocycles. The highest BCUT2D eigenvalue weighted by Gasteiger charge is 2.21. The molecule has 0 saturated carbocycles. The molecule has 0 saturated heterocycles. The Hall–Kier alpha value is -2.93. The Kier molecular flexibility index (Phi) is 3.94.